The molecule has 1 nitrogen and oxygen atoms in total. The molecule has 0 saturated heterocycles. The van der Waals surface area contributed by atoms with Crippen molar-refractivity contribution in [3.63, 3.8) is 0 Å². The van der Waals surface area contributed by atoms with Crippen LogP contribution in [-0.2, 0) is 6.42 Å². The zero-order valence-corrected chi connectivity index (χ0v) is 12.8. The van der Waals surface area contributed by atoms with E-state index in [0.29, 0.717) is 6.42 Å². The van der Waals surface area contributed by atoms with Crippen molar-refractivity contribution < 1.29 is 5.11 Å². The van der Waals surface area contributed by atoms with Gasteiger partial charge in [-0.3, -0.25) is 0 Å². The van der Waals surface area contributed by atoms with E-state index in [0.717, 1.165) is 9.13 Å². The number of halogens is 1. The molecule has 2 aromatic rings. The fourth-order valence-electron chi connectivity index (χ4n) is 2.24. The lowest BCUT2D eigenvalue weighted by molar-refractivity contribution is 0.178. The molecule has 1 N–H and O–H groups in total. The Balaban J connectivity index is 2.18. The minimum Gasteiger partial charge on any atom is -0.388 e. The van der Waals surface area contributed by atoms with Crippen LogP contribution in [0.4, 0.5) is 0 Å². The highest BCUT2D eigenvalue weighted by Gasteiger charge is 2.09. The van der Waals surface area contributed by atoms with E-state index >= 15 is 0 Å². The normalized spacial score (nSPS) is 12.4. The van der Waals surface area contributed by atoms with Crippen LogP contribution in [-0.4, -0.2) is 5.11 Å². The fraction of sp³-hybridized carbons (Fsp3) is 0.250. The van der Waals surface area contributed by atoms with Gasteiger partial charge in [-0.2, -0.15) is 0 Å². The molecule has 2 heteroatoms. The highest BCUT2D eigenvalue weighted by atomic mass is 127. The maximum absolute atomic E-state index is 10.3. The third kappa shape index (κ3) is 3.56. The zero-order valence-electron chi connectivity index (χ0n) is 10.7. The molecule has 0 radical (unpaired) electrons. The van der Waals surface area contributed by atoms with Crippen molar-refractivity contribution >= 4 is 22.6 Å². The minimum atomic E-state index is -0.430. The third-order valence-electron chi connectivity index (χ3n) is 2.94. The Hall–Kier alpha value is -0.870. The summed E-state index contributed by atoms with van der Waals surface area (Å²) in [6, 6.07) is 14.5. The number of aryl methyl sites for hydroxylation is 2. The van der Waals surface area contributed by atoms with Gasteiger partial charge in [-0.15, -0.1) is 0 Å². The van der Waals surface area contributed by atoms with E-state index in [2.05, 4.69) is 54.6 Å². The highest BCUT2D eigenvalue weighted by Crippen LogP contribution is 2.21. The maximum atomic E-state index is 10.3. The Kier molecular flexibility index (Phi) is 4.40. The summed E-state index contributed by atoms with van der Waals surface area (Å²) in [6.07, 6.45) is 0.240. The van der Waals surface area contributed by atoms with E-state index in [1.807, 2.05) is 24.3 Å². The Bertz CT molecular complexity index is 528. The van der Waals surface area contributed by atoms with Gasteiger partial charge in [0.2, 0.25) is 0 Å². The standard InChI is InChI=1S/C16H17IO/c1-11-6-12(2)8-13(7-11)9-16(18)14-4-3-5-15(17)10-14/h3-8,10,16,18H,9H2,1-2H3. The summed E-state index contributed by atoms with van der Waals surface area (Å²) in [5.74, 6) is 0. The predicted octanol–water partition coefficient (Wildman–Crippen LogP) is 4.18. The second-order valence-electron chi connectivity index (χ2n) is 4.77. The first-order valence-corrected chi connectivity index (χ1v) is 7.13. The van der Waals surface area contributed by atoms with Gasteiger partial charge in [0.15, 0.2) is 0 Å². The van der Waals surface area contributed by atoms with Crippen molar-refractivity contribution in [2.24, 2.45) is 0 Å². The molecule has 2 aromatic carbocycles. The smallest absolute Gasteiger partial charge is 0.0830 e. The second-order valence-corrected chi connectivity index (χ2v) is 6.02. The Labute approximate surface area is 122 Å². The van der Waals surface area contributed by atoms with E-state index in [1.54, 1.807) is 0 Å². The Morgan fingerprint density at radius 2 is 1.72 bits per heavy atom. The summed E-state index contributed by atoms with van der Waals surface area (Å²) in [6.45, 7) is 4.18. The molecule has 0 aliphatic carbocycles. The van der Waals surface area contributed by atoms with Crippen molar-refractivity contribution in [1.82, 2.24) is 0 Å². The van der Waals surface area contributed by atoms with Crippen LogP contribution < -0.4 is 0 Å². The van der Waals surface area contributed by atoms with Crippen LogP contribution in [0.25, 0.3) is 0 Å². The van der Waals surface area contributed by atoms with Crippen LogP contribution in [0.3, 0.4) is 0 Å². The Morgan fingerprint density at radius 3 is 2.33 bits per heavy atom. The van der Waals surface area contributed by atoms with Crippen LogP contribution in [0.15, 0.2) is 42.5 Å². The summed E-state index contributed by atoms with van der Waals surface area (Å²) < 4.78 is 1.16. The van der Waals surface area contributed by atoms with Gasteiger partial charge >= 0.3 is 0 Å². The maximum Gasteiger partial charge on any atom is 0.0830 e. The fourth-order valence-corrected chi connectivity index (χ4v) is 2.81. The van der Waals surface area contributed by atoms with Crippen molar-refractivity contribution in [3.8, 4) is 0 Å². The van der Waals surface area contributed by atoms with Crippen LogP contribution in [0.1, 0.15) is 28.4 Å². The zero-order chi connectivity index (χ0) is 13.1. The summed E-state index contributed by atoms with van der Waals surface area (Å²) in [5.41, 5.74) is 4.68. The molecule has 2 rings (SSSR count). The first-order chi connectivity index (χ1) is 8.54. The number of hydrogen-bond donors (Lipinski definition) is 1. The largest absolute Gasteiger partial charge is 0.388 e. The third-order valence-corrected chi connectivity index (χ3v) is 3.61. The lowest BCUT2D eigenvalue weighted by Crippen LogP contribution is -2.02. The monoisotopic (exact) mass is 352 g/mol. The molecule has 1 atom stereocenters. The molecule has 0 fully saturated rings. The van der Waals surface area contributed by atoms with Crippen LogP contribution in [0, 0.1) is 17.4 Å². The minimum absolute atomic E-state index is 0.430. The highest BCUT2D eigenvalue weighted by molar-refractivity contribution is 14.1. The quantitative estimate of drug-likeness (QED) is 0.822. The molecule has 0 bridgehead atoms. The molecule has 0 amide bonds. The summed E-state index contributed by atoms with van der Waals surface area (Å²) in [5, 5.41) is 10.3. The lowest BCUT2D eigenvalue weighted by Gasteiger charge is -2.12. The van der Waals surface area contributed by atoms with Crippen molar-refractivity contribution in [2.75, 3.05) is 0 Å². The summed E-state index contributed by atoms with van der Waals surface area (Å²) >= 11 is 2.27. The van der Waals surface area contributed by atoms with E-state index in [4.69, 9.17) is 0 Å². The van der Waals surface area contributed by atoms with Gasteiger partial charge in [-0.25, -0.2) is 0 Å². The van der Waals surface area contributed by atoms with Gasteiger partial charge in [-0.05, 0) is 59.7 Å². The molecular formula is C16H17IO. The summed E-state index contributed by atoms with van der Waals surface area (Å²) in [4.78, 5) is 0. The van der Waals surface area contributed by atoms with Crippen molar-refractivity contribution in [3.05, 3.63) is 68.3 Å². The van der Waals surface area contributed by atoms with Crippen molar-refractivity contribution in [2.45, 2.75) is 26.4 Å². The molecular weight excluding hydrogens is 335 g/mol. The average Bonchev–Trinajstić information content (AvgIpc) is 2.27. The molecule has 0 heterocycles. The van der Waals surface area contributed by atoms with Gasteiger partial charge < -0.3 is 5.11 Å². The SMILES string of the molecule is Cc1cc(C)cc(CC(O)c2cccc(I)c2)c1. The molecule has 0 aromatic heterocycles. The topological polar surface area (TPSA) is 20.2 Å². The van der Waals surface area contributed by atoms with Gasteiger partial charge in [0.1, 0.15) is 0 Å². The first kappa shape index (κ1) is 13.6. The molecule has 0 aliphatic rings. The van der Waals surface area contributed by atoms with E-state index in [1.165, 1.54) is 16.7 Å². The van der Waals surface area contributed by atoms with Crippen molar-refractivity contribution in [1.29, 1.82) is 0 Å². The van der Waals surface area contributed by atoms with Crippen LogP contribution in [0.2, 0.25) is 0 Å². The van der Waals surface area contributed by atoms with Gasteiger partial charge in [0, 0.05) is 9.99 Å². The molecule has 0 aliphatic heterocycles. The number of aliphatic hydroxyl groups excluding tert-OH is 1. The molecule has 0 spiro atoms. The molecule has 1 unspecified atom stereocenters. The first-order valence-electron chi connectivity index (χ1n) is 6.05. The average molecular weight is 352 g/mol. The molecule has 0 saturated carbocycles. The Morgan fingerprint density at radius 1 is 1.06 bits per heavy atom. The van der Waals surface area contributed by atoms with Gasteiger partial charge in [0.25, 0.3) is 0 Å². The van der Waals surface area contributed by atoms with E-state index < -0.39 is 6.10 Å². The lowest BCUT2D eigenvalue weighted by atomic mass is 9.99. The van der Waals surface area contributed by atoms with Gasteiger partial charge in [0.05, 0.1) is 6.10 Å². The van der Waals surface area contributed by atoms with E-state index in [9.17, 15) is 5.11 Å². The predicted molar refractivity (Wildman–Crippen MR) is 83.7 cm³/mol. The second kappa shape index (κ2) is 5.85. The number of aliphatic hydroxyl groups is 1. The van der Waals surface area contributed by atoms with Crippen LogP contribution in [0.5, 0.6) is 0 Å². The van der Waals surface area contributed by atoms with Gasteiger partial charge in [-0.1, -0.05) is 41.5 Å². The van der Waals surface area contributed by atoms with Crippen LogP contribution >= 0.6 is 22.6 Å². The number of benzene rings is 2. The molecule has 18 heavy (non-hydrogen) atoms. The van der Waals surface area contributed by atoms with E-state index in [-0.39, 0.29) is 0 Å². The number of hydrogen-bond acceptors (Lipinski definition) is 1. The molecule has 94 valence electrons. The number of rotatable bonds is 3. The summed E-state index contributed by atoms with van der Waals surface area (Å²) in [7, 11) is 0.